The fourth-order valence-corrected chi connectivity index (χ4v) is 3.91. The first-order valence-electron chi connectivity index (χ1n) is 10.7. The van der Waals surface area contributed by atoms with Gasteiger partial charge in [-0.3, -0.25) is 14.6 Å². The number of hydrogen-bond acceptors (Lipinski definition) is 4. The molecule has 1 aliphatic rings. The SMILES string of the molecule is C#CCCCC(=O)N1CCn2cc(C(=O)NCc3cccnc3)nc2C1c1ccccc1. The summed E-state index contributed by atoms with van der Waals surface area (Å²) in [6.07, 6.45) is 12.1. The van der Waals surface area contributed by atoms with E-state index in [9.17, 15) is 9.59 Å². The zero-order chi connectivity index (χ0) is 22.3. The van der Waals surface area contributed by atoms with Crippen LogP contribution in [0, 0.1) is 12.3 Å². The molecule has 3 aromatic rings. The monoisotopic (exact) mass is 427 g/mol. The Morgan fingerprint density at radius 3 is 2.75 bits per heavy atom. The molecule has 2 amide bonds. The van der Waals surface area contributed by atoms with Crippen molar-refractivity contribution in [3.8, 4) is 12.3 Å². The van der Waals surface area contributed by atoms with Gasteiger partial charge in [0.05, 0.1) is 0 Å². The van der Waals surface area contributed by atoms with Crippen LogP contribution in [-0.4, -0.2) is 37.8 Å². The molecule has 0 bridgehead atoms. The van der Waals surface area contributed by atoms with Crippen molar-refractivity contribution in [3.63, 3.8) is 0 Å². The fourth-order valence-electron chi connectivity index (χ4n) is 3.91. The molecule has 162 valence electrons. The number of nitrogens with one attached hydrogen (secondary N) is 1. The Bertz CT molecular complexity index is 1120. The molecule has 32 heavy (non-hydrogen) atoms. The molecule has 0 saturated heterocycles. The van der Waals surface area contributed by atoms with Gasteiger partial charge in [0, 0.05) is 51.1 Å². The summed E-state index contributed by atoms with van der Waals surface area (Å²) in [6.45, 7) is 1.51. The lowest BCUT2D eigenvalue weighted by Crippen LogP contribution is -2.42. The van der Waals surface area contributed by atoms with Gasteiger partial charge in [-0.15, -0.1) is 12.3 Å². The predicted octanol–water partition coefficient (Wildman–Crippen LogP) is 2.94. The number of nitrogens with zero attached hydrogens (tertiary/aromatic N) is 4. The number of hydrogen-bond donors (Lipinski definition) is 1. The summed E-state index contributed by atoms with van der Waals surface area (Å²) < 4.78 is 1.97. The summed E-state index contributed by atoms with van der Waals surface area (Å²) in [5.74, 6) is 3.07. The normalized spacial score (nSPS) is 15.0. The summed E-state index contributed by atoms with van der Waals surface area (Å²) in [5.41, 5.74) is 2.22. The number of imidazole rings is 1. The molecular formula is C25H25N5O2. The molecule has 0 radical (unpaired) electrons. The topological polar surface area (TPSA) is 80.1 Å². The zero-order valence-electron chi connectivity index (χ0n) is 17.8. The number of terminal acetylenes is 1. The first kappa shape index (κ1) is 21.3. The van der Waals surface area contributed by atoms with Crippen molar-refractivity contribution in [1.29, 1.82) is 0 Å². The Morgan fingerprint density at radius 1 is 1.16 bits per heavy atom. The van der Waals surface area contributed by atoms with E-state index in [1.807, 2.05) is 51.9 Å². The lowest BCUT2D eigenvalue weighted by Gasteiger charge is -2.36. The van der Waals surface area contributed by atoms with E-state index in [0.29, 0.717) is 50.4 Å². The lowest BCUT2D eigenvalue weighted by atomic mass is 10.0. The summed E-state index contributed by atoms with van der Waals surface area (Å²) in [5, 5.41) is 2.89. The Kier molecular flexibility index (Phi) is 6.61. The molecule has 1 N–H and O–H groups in total. The van der Waals surface area contributed by atoms with Crippen LogP contribution in [0.1, 0.15) is 52.7 Å². The third-order valence-electron chi connectivity index (χ3n) is 5.50. The third kappa shape index (κ3) is 4.70. The van der Waals surface area contributed by atoms with Crippen LogP contribution in [0.4, 0.5) is 0 Å². The van der Waals surface area contributed by atoms with E-state index >= 15 is 0 Å². The van der Waals surface area contributed by atoms with Crippen LogP contribution >= 0.6 is 0 Å². The minimum Gasteiger partial charge on any atom is -0.347 e. The molecule has 1 aromatic carbocycles. The van der Waals surface area contributed by atoms with E-state index in [0.717, 1.165) is 11.1 Å². The molecular weight excluding hydrogens is 402 g/mol. The molecule has 0 spiro atoms. The van der Waals surface area contributed by atoms with Crippen molar-refractivity contribution in [2.75, 3.05) is 6.54 Å². The van der Waals surface area contributed by atoms with Crippen LogP contribution < -0.4 is 5.32 Å². The minimum atomic E-state index is -0.344. The maximum atomic E-state index is 13.0. The van der Waals surface area contributed by atoms with Crippen LogP contribution in [0.15, 0.2) is 61.1 Å². The minimum absolute atomic E-state index is 0.0472. The first-order valence-corrected chi connectivity index (χ1v) is 10.7. The summed E-state index contributed by atoms with van der Waals surface area (Å²) in [4.78, 5) is 36.3. The number of amides is 2. The van der Waals surface area contributed by atoms with E-state index in [2.05, 4.69) is 21.2 Å². The predicted molar refractivity (Wildman–Crippen MR) is 120 cm³/mol. The van der Waals surface area contributed by atoms with Crippen molar-refractivity contribution in [1.82, 2.24) is 24.8 Å². The quantitative estimate of drug-likeness (QED) is 0.464. The number of unbranched alkanes of at least 4 members (excludes halogenated alkanes) is 1. The molecule has 4 rings (SSSR count). The van der Waals surface area contributed by atoms with Gasteiger partial charge in [0.25, 0.3) is 5.91 Å². The number of rotatable bonds is 7. The van der Waals surface area contributed by atoms with Crippen LogP contribution in [-0.2, 0) is 17.9 Å². The summed E-state index contributed by atoms with van der Waals surface area (Å²) in [6, 6.07) is 13.2. The number of carbonyl (C=O) groups is 2. The first-order chi connectivity index (χ1) is 15.7. The van der Waals surface area contributed by atoms with Gasteiger partial charge in [0.1, 0.15) is 17.6 Å². The second-order valence-corrected chi connectivity index (χ2v) is 7.68. The average Bonchev–Trinajstić information content (AvgIpc) is 3.28. The standard InChI is InChI=1S/C25H25N5O2/c1-2-3-5-12-22(31)30-15-14-29-18-21(25(32)27-17-19-9-8-13-26-16-19)28-24(29)23(30)20-10-6-4-7-11-20/h1,4,6-11,13,16,18,23H,3,5,12,14-15,17H2,(H,27,32). The van der Waals surface area contributed by atoms with Crippen molar-refractivity contribution >= 4 is 11.8 Å². The molecule has 7 nitrogen and oxygen atoms in total. The number of carbonyl (C=O) groups excluding carboxylic acids is 2. The van der Waals surface area contributed by atoms with Gasteiger partial charge in [0.15, 0.2) is 0 Å². The van der Waals surface area contributed by atoms with Gasteiger partial charge in [-0.05, 0) is 23.6 Å². The summed E-state index contributed by atoms with van der Waals surface area (Å²) >= 11 is 0. The smallest absolute Gasteiger partial charge is 0.271 e. The second-order valence-electron chi connectivity index (χ2n) is 7.68. The third-order valence-corrected chi connectivity index (χ3v) is 5.50. The van der Waals surface area contributed by atoms with Crippen LogP contribution in [0.5, 0.6) is 0 Å². The molecule has 0 aliphatic carbocycles. The summed E-state index contributed by atoms with van der Waals surface area (Å²) in [7, 11) is 0. The second kappa shape index (κ2) is 9.92. The van der Waals surface area contributed by atoms with Crippen LogP contribution in [0.2, 0.25) is 0 Å². The van der Waals surface area contributed by atoms with Gasteiger partial charge >= 0.3 is 0 Å². The van der Waals surface area contributed by atoms with Crippen molar-refractivity contribution in [2.24, 2.45) is 0 Å². The highest BCUT2D eigenvalue weighted by Gasteiger charge is 2.34. The Hall–Kier alpha value is -3.92. The largest absolute Gasteiger partial charge is 0.347 e. The molecule has 2 aromatic heterocycles. The van der Waals surface area contributed by atoms with E-state index < -0.39 is 0 Å². The highest BCUT2D eigenvalue weighted by Crippen LogP contribution is 2.32. The number of aromatic nitrogens is 3. The van der Waals surface area contributed by atoms with E-state index in [1.165, 1.54) is 0 Å². The zero-order valence-corrected chi connectivity index (χ0v) is 17.8. The molecule has 1 atom stereocenters. The lowest BCUT2D eigenvalue weighted by molar-refractivity contribution is -0.134. The van der Waals surface area contributed by atoms with Gasteiger partial charge in [-0.25, -0.2) is 4.98 Å². The molecule has 3 heterocycles. The maximum Gasteiger partial charge on any atom is 0.271 e. The fraction of sp³-hybridized carbons (Fsp3) is 0.280. The van der Waals surface area contributed by atoms with Gasteiger partial charge < -0.3 is 14.8 Å². The highest BCUT2D eigenvalue weighted by molar-refractivity contribution is 5.92. The van der Waals surface area contributed by atoms with Crippen LogP contribution in [0.25, 0.3) is 0 Å². The Morgan fingerprint density at radius 2 is 2.00 bits per heavy atom. The Balaban J connectivity index is 1.58. The van der Waals surface area contributed by atoms with Gasteiger partial charge in [-0.1, -0.05) is 36.4 Å². The number of fused-ring (bicyclic) bond motifs is 1. The molecule has 0 fully saturated rings. The molecule has 0 saturated carbocycles. The van der Waals surface area contributed by atoms with E-state index in [4.69, 9.17) is 6.42 Å². The average molecular weight is 428 g/mol. The molecule has 1 unspecified atom stereocenters. The van der Waals surface area contributed by atoms with Gasteiger partial charge in [-0.2, -0.15) is 0 Å². The van der Waals surface area contributed by atoms with Gasteiger partial charge in [0.2, 0.25) is 5.91 Å². The van der Waals surface area contributed by atoms with Crippen molar-refractivity contribution in [3.05, 3.63) is 83.7 Å². The van der Waals surface area contributed by atoms with Crippen molar-refractivity contribution in [2.45, 2.75) is 38.4 Å². The molecule has 7 heteroatoms. The number of benzene rings is 1. The maximum absolute atomic E-state index is 13.0. The van der Waals surface area contributed by atoms with E-state index in [-0.39, 0.29) is 17.9 Å². The molecule has 1 aliphatic heterocycles. The highest BCUT2D eigenvalue weighted by atomic mass is 16.2. The Labute approximate surface area is 187 Å². The van der Waals surface area contributed by atoms with Crippen molar-refractivity contribution < 1.29 is 9.59 Å². The van der Waals surface area contributed by atoms with E-state index in [1.54, 1.807) is 18.6 Å². The van der Waals surface area contributed by atoms with Crippen LogP contribution in [0.3, 0.4) is 0 Å². The number of pyridine rings is 1.